The van der Waals surface area contributed by atoms with Crippen molar-refractivity contribution in [2.75, 3.05) is 0 Å². The second-order valence-corrected chi connectivity index (χ2v) is 1.78. The average Bonchev–Trinajstić information content (AvgIpc) is 2.07. The van der Waals surface area contributed by atoms with Gasteiger partial charge in [-0.3, -0.25) is 0 Å². The first kappa shape index (κ1) is 6.89. The first-order valence-corrected chi connectivity index (χ1v) is 2.45. The molecule has 0 aliphatic carbocycles. The van der Waals surface area contributed by atoms with Crippen LogP contribution in [0.5, 0.6) is 0 Å². The third-order valence-corrected chi connectivity index (χ3v) is 1.20. The minimum absolute atomic E-state index is 0.116. The summed E-state index contributed by atoms with van der Waals surface area (Å²) < 4.78 is 0. The van der Waals surface area contributed by atoms with E-state index in [0.29, 0.717) is 0 Å². The van der Waals surface area contributed by atoms with Crippen LogP contribution >= 0.6 is 0 Å². The van der Waals surface area contributed by atoms with Crippen molar-refractivity contribution in [1.82, 2.24) is 15.5 Å². The van der Waals surface area contributed by atoms with Gasteiger partial charge in [0.05, 0.1) is 0 Å². The average molecular weight is 146 g/mol. The zero-order valence-corrected chi connectivity index (χ0v) is 5.23. The molecular weight excluding hydrogens is 136 g/mol. The van der Waals surface area contributed by atoms with Crippen LogP contribution in [0.25, 0.3) is 0 Å². The predicted molar refractivity (Wildman–Crippen MR) is 33.5 cm³/mol. The van der Waals surface area contributed by atoms with Gasteiger partial charge >= 0.3 is 0 Å². The standard InChI is InChI=1S/C2H10N8/c3-1-2(4)9(6)10(7)8(1)5/h3-7H2. The van der Waals surface area contributed by atoms with Crippen LogP contribution in [0.3, 0.4) is 0 Å². The summed E-state index contributed by atoms with van der Waals surface area (Å²) in [6, 6.07) is 0. The van der Waals surface area contributed by atoms with E-state index < -0.39 is 0 Å². The summed E-state index contributed by atoms with van der Waals surface area (Å²) >= 11 is 0. The molecule has 0 unspecified atom stereocenters. The second-order valence-electron chi connectivity index (χ2n) is 1.78. The Kier molecular flexibility index (Phi) is 1.30. The molecule has 1 aliphatic heterocycles. The van der Waals surface area contributed by atoms with Crippen LogP contribution in [0, 0.1) is 0 Å². The molecule has 0 saturated carbocycles. The van der Waals surface area contributed by atoms with E-state index in [2.05, 4.69) is 0 Å². The predicted octanol–water partition coefficient (Wildman–Crippen LogP) is -3.60. The van der Waals surface area contributed by atoms with Gasteiger partial charge in [-0.15, -0.1) is 0 Å². The van der Waals surface area contributed by atoms with Gasteiger partial charge in [0.25, 0.3) is 0 Å². The van der Waals surface area contributed by atoms with Crippen molar-refractivity contribution in [3.63, 3.8) is 0 Å². The van der Waals surface area contributed by atoms with Crippen LogP contribution < -0.4 is 29.0 Å². The summed E-state index contributed by atoms with van der Waals surface area (Å²) in [5.41, 5.74) is 10.6. The van der Waals surface area contributed by atoms with Crippen molar-refractivity contribution in [1.29, 1.82) is 0 Å². The Morgan fingerprint density at radius 3 is 1.20 bits per heavy atom. The topological polar surface area (TPSA) is 140 Å². The summed E-state index contributed by atoms with van der Waals surface area (Å²) in [6.07, 6.45) is 0. The van der Waals surface area contributed by atoms with Gasteiger partial charge in [0.2, 0.25) is 0 Å². The highest BCUT2D eigenvalue weighted by molar-refractivity contribution is 5.05. The molecule has 0 spiro atoms. The highest BCUT2D eigenvalue weighted by Crippen LogP contribution is 2.09. The third-order valence-electron chi connectivity index (χ3n) is 1.20. The van der Waals surface area contributed by atoms with Gasteiger partial charge in [0.15, 0.2) is 11.6 Å². The fraction of sp³-hybridized carbons (Fsp3) is 0. The molecule has 58 valence electrons. The van der Waals surface area contributed by atoms with Crippen molar-refractivity contribution in [2.45, 2.75) is 0 Å². The maximum atomic E-state index is 5.31. The van der Waals surface area contributed by atoms with Gasteiger partial charge in [0, 0.05) is 0 Å². The molecule has 0 aromatic carbocycles. The van der Waals surface area contributed by atoms with Crippen molar-refractivity contribution in [2.24, 2.45) is 29.0 Å². The SMILES string of the molecule is NC1=C(N)N(N)N(N)N1N. The van der Waals surface area contributed by atoms with Crippen molar-refractivity contribution >= 4 is 0 Å². The lowest BCUT2D eigenvalue weighted by Gasteiger charge is -2.24. The fourth-order valence-corrected chi connectivity index (χ4v) is 0.559. The molecule has 8 nitrogen and oxygen atoms in total. The van der Waals surface area contributed by atoms with Gasteiger partial charge in [-0.05, 0) is 5.23 Å². The van der Waals surface area contributed by atoms with Crippen LogP contribution in [-0.4, -0.2) is 15.5 Å². The zero-order chi connectivity index (χ0) is 7.89. The van der Waals surface area contributed by atoms with Crippen molar-refractivity contribution in [3.8, 4) is 0 Å². The van der Waals surface area contributed by atoms with E-state index in [1.54, 1.807) is 0 Å². The Hall–Kier alpha value is -1.22. The lowest BCUT2D eigenvalue weighted by atomic mass is 10.7. The maximum absolute atomic E-state index is 5.31. The van der Waals surface area contributed by atoms with Crippen LogP contribution in [0.4, 0.5) is 0 Å². The smallest absolute Gasteiger partial charge is 0.177 e. The largest absolute Gasteiger partial charge is 0.380 e. The highest BCUT2D eigenvalue weighted by atomic mass is 16.1. The van der Waals surface area contributed by atoms with E-state index >= 15 is 0 Å². The number of hydrazine groups is 5. The molecule has 1 rings (SSSR count). The minimum Gasteiger partial charge on any atom is -0.380 e. The molecule has 0 radical (unpaired) electrons. The molecule has 1 heterocycles. The Labute approximate surface area is 57.2 Å². The number of nitrogens with two attached hydrogens (primary N) is 5. The number of hydrogen-bond donors (Lipinski definition) is 5. The quantitative estimate of drug-likeness (QED) is 0.221. The maximum Gasteiger partial charge on any atom is 0.177 e. The Bertz CT molecular complexity index is 154. The number of hydrogen-bond acceptors (Lipinski definition) is 8. The Morgan fingerprint density at radius 2 is 1.10 bits per heavy atom. The lowest BCUT2D eigenvalue weighted by molar-refractivity contribution is -0.126. The van der Waals surface area contributed by atoms with E-state index in [1.165, 1.54) is 0 Å². The molecule has 10 heavy (non-hydrogen) atoms. The molecular formula is C2H10N8. The monoisotopic (exact) mass is 146 g/mol. The molecule has 0 saturated heterocycles. The van der Waals surface area contributed by atoms with E-state index in [9.17, 15) is 0 Å². The number of rotatable bonds is 0. The molecule has 0 amide bonds. The zero-order valence-electron chi connectivity index (χ0n) is 5.23. The van der Waals surface area contributed by atoms with Gasteiger partial charge in [0.1, 0.15) is 0 Å². The molecule has 8 heteroatoms. The molecule has 0 bridgehead atoms. The van der Waals surface area contributed by atoms with E-state index in [4.69, 9.17) is 29.0 Å². The molecule has 1 aliphatic rings. The van der Waals surface area contributed by atoms with Crippen LogP contribution in [0.2, 0.25) is 0 Å². The summed E-state index contributed by atoms with van der Waals surface area (Å²) in [6.45, 7) is 0. The molecule has 0 aromatic rings. The first-order chi connectivity index (χ1) is 4.55. The van der Waals surface area contributed by atoms with Gasteiger partial charge in [-0.1, -0.05) is 0 Å². The minimum atomic E-state index is 0.116. The molecule has 0 fully saturated rings. The van der Waals surface area contributed by atoms with Crippen LogP contribution in [0.15, 0.2) is 11.6 Å². The molecule has 10 N–H and O–H groups in total. The lowest BCUT2D eigenvalue weighted by Crippen LogP contribution is -2.57. The summed E-state index contributed by atoms with van der Waals surface area (Å²) in [5, 5.41) is 2.73. The van der Waals surface area contributed by atoms with Crippen LogP contribution in [0.1, 0.15) is 0 Å². The fourth-order valence-electron chi connectivity index (χ4n) is 0.559. The molecule has 0 aromatic heterocycles. The van der Waals surface area contributed by atoms with E-state index in [1.807, 2.05) is 0 Å². The summed E-state index contributed by atoms with van der Waals surface area (Å²) in [7, 11) is 0. The number of nitrogens with zero attached hydrogens (tertiary/aromatic N) is 3. The Morgan fingerprint density at radius 1 is 0.800 bits per heavy atom. The van der Waals surface area contributed by atoms with Gasteiger partial charge < -0.3 is 11.5 Å². The first-order valence-electron chi connectivity index (χ1n) is 2.45. The second kappa shape index (κ2) is 1.88. The third kappa shape index (κ3) is 0.642. The highest BCUT2D eigenvalue weighted by Gasteiger charge is 2.27. The van der Waals surface area contributed by atoms with Gasteiger partial charge in [-0.2, -0.15) is 10.2 Å². The summed E-state index contributed by atoms with van der Waals surface area (Å²) in [4.78, 5) is 0. The van der Waals surface area contributed by atoms with E-state index in [0.717, 1.165) is 15.5 Å². The molecule has 0 atom stereocenters. The van der Waals surface area contributed by atoms with Crippen molar-refractivity contribution < 1.29 is 0 Å². The van der Waals surface area contributed by atoms with Crippen LogP contribution in [-0.2, 0) is 0 Å². The van der Waals surface area contributed by atoms with Crippen molar-refractivity contribution in [3.05, 3.63) is 11.6 Å². The van der Waals surface area contributed by atoms with Gasteiger partial charge in [-0.25, -0.2) is 17.5 Å². The normalized spacial score (nSPS) is 21.1. The summed E-state index contributed by atoms with van der Waals surface area (Å²) in [5.74, 6) is 16.0. The van der Waals surface area contributed by atoms with E-state index in [-0.39, 0.29) is 11.6 Å². The Balaban J connectivity index is 2.88.